The van der Waals surface area contributed by atoms with Gasteiger partial charge in [-0.25, -0.2) is 4.98 Å². The zero-order valence-corrected chi connectivity index (χ0v) is 8.57. The molecule has 0 radical (unpaired) electrons. The number of aromatic nitrogens is 3. The molecule has 2 aromatic heterocycles. The summed E-state index contributed by atoms with van der Waals surface area (Å²) < 4.78 is 0. The highest BCUT2D eigenvalue weighted by Gasteiger charge is 2.06. The Morgan fingerprint density at radius 2 is 2.47 bits per heavy atom. The predicted molar refractivity (Wildman–Crippen MR) is 55.3 cm³/mol. The highest BCUT2D eigenvalue weighted by Crippen LogP contribution is 2.00. The topological polar surface area (TPSA) is 67.8 Å². The van der Waals surface area contributed by atoms with Crippen LogP contribution in [0.15, 0.2) is 29.2 Å². The second-order valence-electron chi connectivity index (χ2n) is 2.77. The Kier molecular flexibility index (Phi) is 2.99. The quantitative estimate of drug-likeness (QED) is 0.833. The van der Waals surface area contributed by atoms with E-state index in [0.717, 1.165) is 5.69 Å². The number of hydrogen-bond donors (Lipinski definition) is 1. The monoisotopic (exact) mass is 220 g/mol. The predicted octanol–water partition coefficient (Wildman–Crippen LogP) is 0.863. The molecule has 2 rings (SSSR count). The molecule has 0 aliphatic rings. The molecule has 0 saturated carbocycles. The minimum atomic E-state index is -0.193. The molecular formula is C9H8N4OS. The van der Waals surface area contributed by atoms with Crippen molar-refractivity contribution in [1.82, 2.24) is 20.5 Å². The van der Waals surface area contributed by atoms with Crippen molar-refractivity contribution in [2.45, 2.75) is 6.54 Å². The van der Waals surface area contributed by atoms with Crippen LogP contribution in [-0.4, -0.2) is 21.1 Å². The largest absolute Gasteiger partial charge is 0.345 e. The third kappa shape index (κ3) is 2.57. The molecule has 76 valence electrons. The van der Waals surface area contributed by atoms with Crippen molar-refractivity contribution in [1.29, 1.82) is 0 Å². The second-order valence-corrected chi connectivity index (χ2v) is 3.49. The summed E-state index contributed by atoms with van der Waals surface area (Å²) in [6.45, 7) is 0.365. The van der Waals surface area contributed by atoms with E-state index in [2.05, 4.69) is 20.5 Å². The van der Waals surface area contributed by atoms with Crippen LogP contribution in [0.2, 0.25) is 0 Å². The van der Waals surface area contributed by atoms with E-state index >= 15 is 0 Å². The van der Waals surface area contributed by atoms with E-state index in [1.165, 1.54) is 11.3 Å². The fourth-order valence-electron chi connectivity index (χ4n) is 1.01. The number of amides is 1. The molecule has 0 saturated heterocycles. The van der Waals surface area contributed by atoms with E-state index in [4.69, 9.17) is 0 Å². The average molecular weight is 220 g/mol. The lowest BCUT2D eigenvalue weighted by atomic mass is 10.3. The van der Waals surface area contributed by atoms with Crippen LogP contribution in [0.1, 0.15) is 16.2 Å². The zero-order valence-electron chi connectivity index (χ0n) is 7.75. The van der Waals surface area contributed by atoms with E-state index in [1.807, 2.05) is 0 Å². The van der Waals surface area contributed by atoms with Gasteiger partial charge < -0.3 is 5.32 Å². The molecule has 0 aromatic carbocycles. The Hall–Kier alpha value is -1.82. The van der Waals surface area contributed by atoms with Crippen molar-refractivity contribution in [2.24, 2.45) is 0 Å². The number of carbonyl (C=O) groups excluding carboxylic acids is 1. The molecule has 1 N–H and O–H groups in total. The average Bonchev–Trinajstić information content (AvgIpc) is 2.81. The Labute approximate surface area is 90.2 Å². The standard InChI is InChI=1S/C9H8N4OS/c14-9(8-5-15-6-11-8)10-4-7-2-1-3-12-13-7/h1-3,5-6H,4H2,(H,10,14). The Balaban J connectivity index is 1.92. The van der Waals surface area contributed by atoms with Gasteiger partial charge >= 0.3 is 0 Å². The first-order valence-corrected chi connectivity index (χ1v) is 5.23. The smallest absolute Gasteiger partial charge is 0.271 e. The van der Waals surface area contributed by atoms with Crippen LogP contribution < -0.4 is 5.32 Å². The maximum atomic E-state index is 11.5. The summed E-state index contributed by atoms with van der Waals surface area (Å²) in [5.41, 5.74) is 2.78. The van der Waals surface area contributed by atoms with Crippen LogP contribution in [0, 0.1) is 0 Å². The highest BCUT2D eigenvalue weighted by atomic mass is 32.1. The summed E-state index contributed by atoms with van der Waals surface area (Å²) in [6, 6.07) is 3.58. The lowest BCUT2D eigenvalue weighted by molar-refractivity contribution is 0.0946. The molecule has 0 spiro atoms. The normalized spacial score (nSPS) is 9.87. The summed E-state index contributed by atoms with van der Waals surface area (Å²) in [5.74, 6) is -0.193. The van der Waals surface area contributed by atoms with Crippen LogP contribution >= 0.6 is 11.3 Å². The molecule has 0 unspecified atom stereocenters. The Bertz CT molecular complexity index is 429. The molecule has 15 heavy (non-hydrogen) atoms. The number of hydrogen-bond acceptors (Lipinski definition) is 5. The summed E-state index contributed by atoms with van der Waals surface area (Å²) in [4.78, 5) is 15.4. The van der Waals surface area contributed by atoms with Crippen LogP contribution in [0.5, 0.6) is 0 Å². The van der Waals surface area contributed by atoms with Crippen LogP contribution in [0.4, 0.5) is 0 Å². The fraction of sp³-hybridized carbons (Fsp3) is 0.111. The third-order valence-corrected chi connectivity index (χ3v) is 2.31. The molecule has 2 heterocycles. The molecular weight excluding hydrogens is 212 g/mol. The molecule has 2 aromatic rings. The third-order valence-electron chi connectivity index (χ3n) is 1.72. The van der Waals surface area contributed by atoms with Gasteiger partial charge in [-0.2, -0.15) is 10.2 Å². The maximum absolute atomic E-state index is 11.5. The number of nitrogens with one attached hydrogen (secondary N) is 1. The number of thiazole rings is 1. The summed E-state index contributed by atoms with van der Waals surface area (Å²) >= 11 is 1.39. The SMILES string of the molecule is O=C(NCc1cccnn1)c1cscn1. The van der Waals surface area contributed by atoms with E-state index in [1.54, 1.807) is 29.2 Å². The molecule has 0 bridgehead atoms. The minimum Gasteiger partial charge on any atom is -0.345 e. The van der Waals surface area contributed by atoms with E-state index in [0.29, 0.717) is 12.2 Å². The number of carbonyl (C=O) groups is 1. The molecule has 0 fully saturated rings. The van der Waals surface area contributed by atoms with Gasteiger partial charge in [0, 0.05) is 11.6 Å². The van der Waals surface area contributed by atoms with Crippen molar-refractivity contribution in [3.05, 3.63) is 40.6 Å². The highest BCUT2D eigenvalue weighted by molar-refractivity contribution is 7.07. The number of rotatable bonds is 3. The molecule has 0 atom stereocenters. The van der Waals surface area contributed by atoms with E-state index in [9.17, 15) is 4.79 Å². The zero-order chi connectivity index (χ0) is 10.5. The first-order chi connectivity index (χ1) is 7.36. The van der Waals surface area contributed by atoms with Crippen molar-refractivity contribution in [3.8, 4) is 0 Å². The summed E-state index contributed by atoms with van der Waals surface area (Å²) in [7, 11) is 0. The van der Waals surface area contributed by atoms with Gasteiger partial charge in [0.2, 0.25) is 0 Å². The van der Waals surface area contributed by atoms with E-state index < -0.39 is 0 Å². The molecule has 0 aliphatic carbocycles. The summed E-state index contributed by atoms with van der Waals surface area (Å²) in [6.07, 6.45) is 1.59. The summed E-state index contributed by atoms with van der Waals surface area (Å²) in [5, 5.41) is 12.0. The van der Waals surface area contributed by atoms with Gasteiger partial charge in [-0.15, -0.1) is 11.3 Å². The molecule has 6 heteroatoms. The Morgan fingerprint density at radius 3 is 3.13 bits per heavy atom. The second kappa shape index (κ2) is 4.61. The minimum absolute atomic E-state index is 0.193. The first kappa shape index (κ1) is 9.72. The van der Waals surface area contributed by atoms with Crippen molar-refractivity contribution in [3.63, 3.8) is 0 Å². The van der Waals surface area contributed by atoms with Gasteiger partial charge in [0.05, 0.1) is 17.7 Å². The van der Waals surface area contributed by atoms with Crippen molar-refractivity contribution in [2.75, 3.05) is 0 Å². The van der Waals surface area contributed by atoms with Gasteiger partial charge in [-0.3, -0.25) is 4.79 Å². The first-order valence-electron chi connectivity index (χ1n) is 4.29. The molecule has 0 aliphatic heterocycles. The van der Waals surface area contributed by atoms with Gasteiger partial charge in [0.1, 0.15) is 5.69 Å². The van der Waals surface area contributed by atoms with Gasteiger partial charge in [0.15, 0.2) is 0 Å². The Morgan fingerprint density at radius 1 is 1.53 bits per heavy atom. The maximum Gasteiger partial charge on any atom is 0.271 e. The van der Waals surface area contributed by atoms with Crippen LogP contribution in [0.25, 0.3) is 0 Å². The van der Waals surface area contributed by atoms with Gasteiger partial charge in [-0.05, 0) is 12.1 Å². The van der Waals surface area contributed by atoms with Crippen LogP contribution in [0.3, 0.4) is 0 Å². The fourth-order valence-corrected chi connectivity index (χ4v) is 1.55. The van der Waals surface area contributed by atoms with Crippen molar-refractivity contribution >= 4 is 17.2 Å². The molecule has 5 nitrogen and oxygen atoms in total. The van der Waals surface area contributed by atoms with Crippen molar-refractivity contribution < 1.29 is 4.79 Å². The lowest BCUT2D eigenvalue weighted by Crippen LogP contribution is -2.23. The van der Waals surface area contributed by atoms with E-state index in [-0.39, 0.29) is 5.91 Å². The number of nitrogens with zero attached hydrogens (tertiary/aromatic N) is 3. The van der Waals surface area contributed by atoms with Gasteiger partial charge in [0.25, 0.3) is 5.91 Å². The molecule has 1 amide bonds. The van der Waals surface area contributed by atoms with Gasteiger partial charge in [-0.1, -0.05) is 0 Å². The van der Waals surface area contributed by atoms with Crippen LogP contribution in [-0.2, 0) is 6.54 Å². The lowest BCUT2D eigenvalue weighted by Gasteiger charge is -2.00.